The molecule has 0 radical (unpaired) electrons. The van der Waals surface area contributed by atoms with E-state index in [2.05, 4.69) is 38.1 Å². The number of benzene rings is 3. The molecule has 0 aliphatic carbocycles. The summed E-state index contributed by atoms with van der Waals surface area (Å²) in [5.74, 6) is -0.122. The van der Waals surface area contributed by atoms with E-state index in [1.165, 1.54) is 31.4 Å². The Bertz CT molecular complexity index is 1210. The number of sulfonamides is 1. The van der Waals surface area contributed by atoms with E-state index < -0.39 is 15.9 Å². The van der Waals surface area contributed by atoms with Crippen LogP contribution in [0.1, 0.15) is 15.9 Å². The minimum Gasteiger partial charge on any atom is -0.495 e. The Kier molecular flexibility index (Phi) is 6.98. The van der Waals surface area contributed by atoms with Gasteiger partial charge in [-0.3, -0.25) is 20.4 Å². The van der Waals surface area contributed by atoms with Crippen molar-refractivity contribution < 1.29 is 17.9 Å². The molecule has 3 rings (SSSR count). The number of hydrogen-bond acceptors (Lipinski definition) is 5. The van der Waals surface area contributed by atoms with Crippen LogP contribution in [0.25, 0.3) is 5.70 Å². The lowest BCUT2D eigenvalue weighted by Crippen LogP contribution is -2.35. The standard InChI is InChI=1S/C22H20BrN3O4S/c1-15(16-10-12-18(23)13-11-16)24-25-22(27)17-6-5-7-19(14-17)31(28,29)26-20-8-3-4-9-21(20)30-2/h3-14,24,26H,1H2,2H3,(H,25,27). The van der Waals surface area contributed by atoms with Crippen molar-refractivity contribution in [3.8, 4) is 5.75 Å². The quantitative estimate of drug-likeness (QED) is 0.402. The van der Waals surface area contributed by atoms with E-state index in [-0.39, 0.29) is 10.5 Å². The average Bonchev–Trinajstić information content (AvgIpc) is 2.78. The summed E-state index contributed by atoms with van der Waals surface area (Å²) in [4.78, 5) is 12.5. The molecule has 31 heavy (non-hydrogen) atoms. The van der Waals surface area contributed by atoms with Gasteiger partial charge in [0.2, 0.25) is 0 Å². The molecule has 3 aromatic rings. The molecule has 3 aromatic carbocycles. The van der Waals surface area contributed by atoms with E-state index in [0.29, 0.717) is 17.1 Å². The second kappa shape index (κ2) is 9.67. The number of carbonyl (C=O) groups excluding carboxylic acids is 1. The van der Waals surface area contributed by atoms with Crippen LogP contribution in [0.5, 0.6) is 5.75 Å². The summed E-state index contributed by atoms with van der Waals surface area (Å²) in [6.07, 6.45) is 0. The number of nitrogens with one attached hydrogen (secondary N) is 3. The van der Waals surface area contributed by atoms with Gasteiger partial charge in [0.25, 0.3) is 15.9 Å². The van der Waals surface area contributed by atoms with Crippen LogP contribution in [0.2, 0.25) is 0 Å². The van der Waals surface area contributed by atoms with Gasteiger partial charge < -0.3 is 4.74 Å². The smallest absolute Gasteiger partial charge is 0.269 e. The van der Waals surface area contributed by atoms with Crippen LogP contribution >= 0.6 is 15.9 Å². The fraction of sp³-hybridized carbons (Fsp3) is 0.0455. The van der Waals surface area contributed by atoms with Gasteiger partial charge in [-0.1, -0.05) is 52.8 Å². The number of para-hydroxylation sites is 2. The first-order valence-electron chi connectivity index (χ1n) is 9.07. The summed E-state index contributed by atoms with van der Waals surface area (Å²) in [7, 11) is -2.48. The van der Waals surface area contributed by atoms with Crippen LogP contribution in [0.15, 0.2) is 88.7 Å². The summed E-state index contributed by atoms with van der Waals surface area (Å²) in [5.41, 5.74) is 7.01. The first-order chi connectivity index (χ1) is 14.8. The number of ether oxygens (including phenoxy) is 1. The van der Waals surface area contributed by atoms with Gasteiger partial charge in [-0.05, 0) is 48.0 Å². The Morgan fingerprint density at radius 2 is 1.65 bits per heavy atom. The summed E-state index contributed by atoms with van der Waals surface area (Å²) in [6.45, 7) is 3.88. The predicted octanol–water partition coefficient (Wildman–Crippen LogP) is 4.16. The number of methoxy groups -OCH3 is 1. The van der Waals surface area contributed by atoms with Crippen molar-refractivity contribution in [2.24, 2.45) is 0 Å². The molecule has 0 spiro atoms. The lowest BCUT2D eigenvalue weighted by atomic mass is 10.2. The lowest BCUT2D eigenvalue weighted by Gasteiger charge is -2.13. The minimum atomic E-state index is -3.93. The van der Waals surface area contributed by atoms with E-state index in [1.54, 1.807) is 24.3 Å². The molecular weight excluding hydrogens is 482 g/mol. The molecule has 0 aliphatic heterocycles. The zero-order valence-electron chi connectivity index (χ0n) is 16.6. The van der Waals surface area contributed by atoms with Crippen LogP contribution < -0.4 is 20.3 Å². The first kappa shape index (κ1) is 22.4. The highest BCUT2D eigenvalue weighted by molar-refractivity contribution is 9.10. The number of hydrogen-bond donors (Lipinski definition) is 3. The Morgan fingerprint density at radius 1 is 0.935 bits per heavy atom. The van der Waals surface area contributed by atoms with Crippen LogP contribution in [0, 0.1) is 0 Å². The van der Waals surface area contributed by atoms with Crippen molar-refractivity contribution in [1.82, 2.24) is 10.9 Å². The van der Waals surface area contributed by atoms with E-state index in [1.807, 2.05) is 24.3 Å². The summed E-state index contributed by atoms with van der Waals surface area (Å²) >= 11 is 3.36. The Hall–Kier alpha value is -3.30. The number of rotatable bonds is 8. The highest BCUT2D eigenvalue weighted by Gasteiger charge is 2.18. The van der Waals surface area contributed by atoms with Gasteiger partial charge in [-0.25, -0.2) is 8.42 Å². The summed E-state index contributed by atoms with van der Waals surface area (Å²) in [6, 6.07) is 19.7. The summed E-state index contributed by atoms with van der Waals surface area (Å²) in [5, 5.41) is 0. The van der Waals surface area contributed by atoms with Crippen molar-refractivity contribution in [3.63, 3.8) is 0 Å². The number of hydrazine groups is 1. The monoisotopic (exact) mass is 501 g/mol. The first-order valence-corrected chi connectivity index (χ1v) is 11.3. The van der Waals surface area contributed by atoms with Crippen LogP contribution in [0.4, 0.5) is 5.69 Å². The van der Waals surface area contributed by atoms with E-state index >= 15 is 0 Å². The number of halogens is 1. The van der Waals surface area contributed by atoms with Crippen LogP contribution in [-0.4, -0.2) is 21.4 Å². The Morgan fingerprint density at radius 3 is 2.35 bits per heavy atom. The number of anilines is 1. The molecule has 0 bridgehead atoms. The molecule has 0 unspecified atom stereocenters. The van der Waals surface area contributed by atoms with Gasteiger partial charge in [0.1, 0.15) is 5.75 Å². The SMILES string of the molecule is C=C(NNC(=O)c1cccc(S(=O)(=O)Nc2ccccc2OC)c1)c1ccc(Br)cc1. The van der Waals surface area contributed by atoms with Gasteiger partial charge in [-0.2, -0.15) is 0 Å². The molecule has 0 saturated heterocycles. The zero-order valence-corrected chi connectivity index (χ0v) is 19.0. The maximum atomic E-state index is 12.8. The fourth-order valence-corrected chi connectivity index (χ4v) is 4.04. The van der Waals surface area contributed by atoms with Crippen molar-refractivity contribution in [2.75, 3.05) is 11.8 Å². The number of amides is 1. The van der Waals surface area contributed by atoms with E-state index in [9.17, 15) is 13.2 Å². The molecule has 0 aliphatic rings. The molecule has 0 atom stereocenters. The highest BCUT2D eigenvalue weighted by Crippen LogP contribution is 2.26. The summed E-state index contributed by atoms with van der Waals surface area (Å²) < 4.78 is 34.2. The van der Waals surface area contributed by atoms with Gasteiger partial charge >= 0.3 is 0 Å². The van der Waals surface area contributed by atoms with Gasteiger partial charge in [-0.15, -0.1) is 0 Å². The van der Waals surface area contributed by atoms with Gasteiger partial charge in [0.15, 0.2) is 0 Å². The third-order valence-electron chi connectivity index (χ3n) is 4.28. The maximum Gasteiger partial charge on any atom is 0.269 e. The third-order valence-corrected chi connectivity index (χ3v) is 6.17. The van der Waals surface area contributed by atoms with Crippen LogP contribution in [-0.2, 0) is 10.0 Å². The predicted molar refractivity (Wildman–Crippen MR) is 124 cm³/mol. The highest BCUT2D eigenvalue weighted by atomic mass is 79.9. The Labute approximate surface area is 189 Å². The van der Waals surface area contributed by atoms with E-state index in [4.69, 9.17) is 4.74 Å². The molecule has 7 nitrogen and oxygen atoms in total. The van der Waals surface area contributed by atoms with Gasteiger partial charge in [0.05, 0.1) is 23.4 Å². The average molecular weight is 502 g/mol. The normalized spacial score (nSPS) is 10.8. The van der Waals surface area contributed by atoms with Crippen LogP contribution in [0.3, 0.4) is 0 Å². The fourth-order valence-electron chi connectivity index (χ4n) is 2.66. The molecule has 0 saturated carbocycles. The second-order valence-corrected chi connectivity index (χ2v) is 9.00. The van der Waals surface area contributed by atoms with Gasteiger partial charge in [0, 0.05) is 10.0 Å². The largest absolute Gasteiger partial charge is 0.495 e. The molecule has 3 N–H and O–H groups in total. The zero-order chi connectivity index (χ0) is 22.4. The third kappa shape index (κ3) is 5.65. The van der Waals surface area contributed by atoms with E-state index in [0.717, 1.165) is 10.0 Å². The second-order valence-electron chi connectivity index (χ2n) is 6.40. The maximum absolute atomic E-state index is 12.8. The molecule has 160 valence electrons. The van der Waals surface area contributed by atoms with Crippen molar-refractivity contribution in [3.05, 3.63) is 95.0 Å². The molecule has 1 amide bonds. The molecule has 0 heterocycles. The minimum absolute atomic E-state index is 0.0576. The van der Waals surface area contributed by atoms with Crippen molar-refractivity contribution >= 4 is 43.2 Å². The van der Waals surface area contributed by atoms with Crippen molar-refractivity contribution in [2.45, 2.75) is 4.90 Å². The molecule has 0 fully saturated rings. The molecule has 9 heteroatoms. The number of carbonyl (C=O) groups is 1. The molecular formula is C22H20BrN3O4S. The lowest BCUT2D eigenvalue weighted by molar-refractivity contribution is 0.0942. The topological polar surface area (TPSA) is 96.5 Å². The van der Waals surface area contributed by atoms with Crippen molar-refractivity contribution in [1.29, 1.82) is 0 Å². The molecule has 0 aromatic heterocycles. The Balaban J connectivity index is 1.72.